The molecule has 50 heavy (non-hydrogen) atoms. The van der Waals surface area contributed by atoms with Crippen LogP contribution in [0.15, 0.2) is 76.1 Å². The molecule has 0 aliphatic carbocycles. The number of hydrogen-bond donors (Lipinski definition) is 2. The van der Waals surface area contributed by atoms with Gasteiger partial charge in [0.1, 0.15) is 17.6 Å². The van der Waals surface area contributed by atoms with E-state index in [0.29, 0.717) is 27.2 Å². The summed E-state index contributed by atoms with van der Waals surface area (Å²) in [6.45, 7) is 5.09. The number of amides is 1. The zero-order chi connectivity index (χ0) is 36.9. The molecule has 0 aliphatic heterocycles. The molecule has 266 valence electrons. The van der Waals surface area contributed by atoms with Gasteiger partial charge < -0.3 is 20.1 Å². The van der Waals surface area contributed by atoms with E-state index in [1.807, 2.05) is 0 Å². The fourth-order valence-electron chi connectivity index (χ4n) is 5.81. The molecule has 13 heteroatoms. The second-order valence-corrected chi connectivity index (χ2v) is 13.1. The van der Waals surface area contributed by atoms with Crippen LogP contribution in [0, 0.1) is 19.7 Å². The summed E-state index contributed by atoms with van der Waals surface area (Å²) < 4.78 is 64.9. The molecule has 1 heterocycles. The van der Waals surface area contributed by atoms with Crippen LogP contribution in [-0.2, 0) is 26.9 Å². The topological polar surface area (TPSA) is 101 Å². The Morgan fingerprint density at radius 3 is 2.36 bits per heavy atom. The van der Waals surface area contributed by atoms with Crippen LogP contribution in [0.3, 0.4) is 0 Å². The lowest BCUT2D eigenvalue weighted by Crippen LogP contribution is -2.41. The number of halogens is 5. The number of alkyl halides is 3. The Hall–Kier alpha value is -4.49. The standard InChI is InChI=1S/C37H38BrF4N3O5/c1-6-50-32(48)19-29(27-17-25(15-22(3)34(27)39)33-21(2)9-7-12-30(33)46)43-36(49)35(23-10-8-11-26(38)16-23)45-20-24(13-14-44(4)5)28(18-31(45)47)37(40,41)42/h7-12,15-18,20,29,35,46H,6,13-14,19H2,1-5H3,(H,43,49)/t29-,35?/m0/s1. The van der Waals surface area contributed by atoms with E-state index in [0.717, 1.165) is 10.8 Å². The second-order valence-electron chi connectivity index (χ2n) is 12.2. The summed E-state index contributed by atoms with van der Waals surface area (Å²) in [4.78, 5) is 42.4. The molecule has 0 radical (unpaired) electrons. The summed E-state index contributed by atoms with van der Waals surface area (Å²) in [5.74, 6) is -2.43. The molecule has 0 fully saturated rings. The van der Waals surface area contributed by atoms with Crippen LogP contribution in [0.2, 0.25) is 0 Å². The Balaban J connectivity index is 1.91. The van der Waals surface area contributed by atoms with Crippen molar-refractivity contribution < 1.29 is 37.0 Å². The Labute approximate surface area is 295 Å². The quantitative estimate of drug-likeness (QED) is 0.117. The molecule has 0 spiro atoms. The minimum Gasteiger partial charge on any atom is -0.507 e. The van der Waals surface area contributed by atoms with Crippen molar-refractivity contribution in [3.05, 3.63) is 121 Å². The Morgan fingerprint density at radius 1 is 1.04 bits per heavy atom. The zero-order valence-electron chi connectivity index (χ0n) is 28.2. The van der Waals surface area contributed by atoms with E-state index >= 15 is 4.39 Å². The van der Waals surface area contributed by atoms with Crippen LogP contribution in [0.25, 0.3) is 11.1 Å². The maximum absolute atomic E-state index is 16.0. The van der Waals surface area contributed by atoms with Gasteiger partial charge in [0.05, 0.1) is 24.6 Å². The van der Waals surface area contributed by atoms with E-state index in [9.17, 15) is 32.7 Å². The number of nitrogens with one attached hydrogen (secondary N) is 1. The lowest BCUT2D eigenvalue weighted by molar-refractivity contribution is -0.144. The third-order valence-corrected chi connectivity index (χ3v) is 8.67. The molecule has 0 aliphatic rings. The molecule has 2 N–H and O–H groups in total. The van der Waals surface area contributed by atoms with E-state index in [4.69, 9.17) is 4.74 Å². The minimum atomic E-state index is -4.83. The van der Waals surface area contributed by atoms with Crippen LogP contribution in [0.1, 0.15) is 58.8 Å². The van der Waals surface area contributed by atoms with E-state index in [-0.39, 0.29) is 47.6 Å². The smallest absolute Gasteiger partial charge is 0.416 e. The number of carbonyl (C=O) groups is 2. The van der Waals surface area contributed by atoms with Crippen molar-refractivity contribution in [3.8, 4) is 16.9 Å². The van der Waals surface area contributed by atoms with Crippen molar-refractivity contribution >= 4 is 27.8 Å². The van der Waals surface area contributed by atoms with Gasteiger partial charge in [0, 0.05) is 34.4 Å². The highest BCUT2D eigenvalue weighted by molar-refractivity contribution is 9.10. The number of aromatic nitrogens is 1. The number of likely N-dealkylation sites (N-methyl/N-ethyl adjacent to an activating group) is 1. The van der Waals surface area contributed by atoms with E-state index in [1.54, 1.807) is 63.2 Å². The fraction of sp³-hybridized carbons (Fsp3) is 0.324. The number of ether oxygens (including phenoxy) is 1. The fourth-order valence-corrected chi connectivity index (χ4v) is 6.23. The van der Waals surface area contributed by atoms with Crippen LogP contribution in [0.4, 0.5) is 17.6 Å². The van der Waals surface area contributed by atoms with Crippen LogP contribution < -0.4 is 10.9 Å². The van der Waals surface area contributed by atoms with Crippen LogP contribution in [-0.4, -0.2) is 53.7 Å². The van der Waals surface area contributed by atoms with Gasteiger partial charge in [-0.05, 0) is 99.4 Å². The van der Waals surface area contributed by atoms with E-state index < -0.39 is 53.5 Å². The lowest BCUT2D eigenvalue weighted by Gasteiger charge is -2.27. The Morgan fingerprint density at radius 2 is 1.74 bits per heavy atom. The number of carbonyl (C=O) groups excluding carboxylic acids is 2. The number of phenols is 1. The van der Waals surface area contributed by atoms with Crippen molar-refractivity contribution in [1.82, 2.24) is 14.8 Å². The largest absolute Gasteiger partial charge is 0.507 e. The average molecular weight is 761 g/mol. The molecule has 1 amide bonds. The van der Waals surface area contributed by atoms with Gasteiger partial charge in [-0.3, -0.25) is 19.0 Å². The number of nitrogens with zero attached hydrogens (tertiary/aromatic N) is 2. The van der Waals surface area contributed by atoms with Gasteiger partial charge >= 0.3 is 12.1 Å². The number of rotatable bonds is 12. The minimum absolute atomic E-state index is 0.00940. The highest BCUT2D eigenvalue weighted by Crippen LogP contribution is 2.37. The molecular weight excluding hydrogens is 722 g/mol. The summed E-state index contributed by atoms with van der Waals surface area (Å²) in [5, 5.41) is 13.4. The number of pyridine rings is 1. The molecule has 4 rings (SSSR count). The van der Waals surface area contributed by atoms with Crippen molar-refractivity contribution in [2.45, 2.75) is 51.9 Å². The molecule has 4 aromatic rings. The number of esters is 1. The van der Waals surface area contributed by atoms with Gasteiger partial charge in [-0.15, -0.1) is 0 Å². The highest BCUT2D eigenvalue weighted by Gasteiger charge is 2.36. The van der Waals surface area contributed by atoms with Crippen molar-refractivity contribution in [1.29, 1.82) is 0 Å². The molecule has 0 bridgehead atoms. The first-order chi connectivity index (χ1) is 23.5. The van der Waals surface area contributed by atoms with Crippen LogP contribution >= 0.6 is 15.9 Å². The molecular formula is C37H38BrF4N3O5. The number of hydrogen-bond acceptors (Lipinski definition) is 6. The third kappa shape index (κ3) is 8.99. The first-order valence-electron chi connectivity index (χ1n) is 15.8. The summed E-state index contributed by atoms with van der Waals surface area (Å²) in [6.07, 6.45) is -4.39. The molecule has 1 unspecified atom stereocenters. The van der Waals surface area contributed by atoms with E-state index in [1.165, 1.54) is 31.2 Å². The summed E-state index contributed by atoms with van der Waals surface area (Å²) in [7, 11) is 3.39. The van der Waals surface area contributed by atoms with Crippen molar-refractivity contribution in [2.75, 3.05) is 27.2 Å². The van der Waals surface area contributed by atoms with Gasteiger partial charge in [0.15, 0.2) is 0 Å². The number of benzene rings is 3. The first-order valence-corrected chi connectivity index (χ1v) is 16.6. The number of aromatic hydroxyl groups is 1. The predicted octanol–water partition coefficient (Wildman–Crippen LogP) is 7.26. The molecule has 0 saturated heterocycles. The van der Waals surface area contributed by atoms with Crippen LogP contribution in [0.5, 0.6) is 5.75 Å². The monoisotopic (exact) mass is 759 g/mol. The third-order valence-electron chi connectivity index (χ3n) is 8.18. The van der Waals surface area contributed by atoms with Crippen molar-refractivity contribution in [3.63, 3.8) is 0 Å². The zero-order valence-corrected chi connectivity index (χ0v) is 29.8. The molecule has 1 aromatic heterocycles. The normalized spacial score (nSPS) is 12.9. The number of aryl methyl sites for hydroxylation is 2. The lowest BCUT2D eigenvalue weighted by atomic mass is 9.92. The summed E-state index contributed by atoms with van der Waals surface area (Å²) in [6, 6.07) is 11.8. The van der Waals surface area contributed by atoms with Gasteiger partial charge in [-0.25, -0.2) is 4.39 Å². The molecule has 2 atom stereocenters. The number of phenolic OH excluding ortho intramolecular Hbond substituents is 1. The van der Waals surface area contributed by atoms with Gasteiger partial charge in [0.2, 0.25) is 5.91 Å². The maximum atomic E-state index is 16.0. The summed E-state index contributed by atoms with van der Waals surface area (Å²) >= 11 is 3.36. The molecule has 0 saturated carbocycles. The predicted molar refractivity (Wildman–Crippen MR) is 185 cm³/mol. The van der Waals surface area contributed by atoms with Gasteiger partial charge in [-0.1, -0.05) is 40.2 Å². The van der Waals surface area contributed by atoms with Crippen molar-refractivity contribution in [2.24, 2.45) is 0 Å². The first kappa shape index (κ1) is 38.3. The Bertz CT molecular complexity index is 1920. The highest BCUT2D eigenvalue weighted by atomic mass is 79.9. The second kappa shape index (κ2) is 16.0. The summed E-state index contributed by atoms with van der Waals surface area (Å²) in [5.41, 5.74) is -0.557. The van der Waals surface area contributed by atoms with Gasteiger partial charge in [-0.2, -0.15) is 13.2 Å². The molecule has 3 aromatic carbocycles. The maximum Gasteiger partial charge on any atom is 0.416 e. The SMILES string of the molecule is CCOC(=O)C[C@H](NC(=O)C(c1cccc(Br)c1)n1cc(CCN(C)C)c(C(F)(F)F)cc1=O)c1cc(-c2c(C)cccc2O)cc(C)c1F. The molecule has 8 nitrogen and oxygen atoms in total. The van der Waals surface area contributed by atoms with Gasteiger partial charge in [0.25, 0.3) is 5.56 Å². The average Bonchev–Trinajstić information content (AvgIpc) is 3.02. The van der Waals surface area contributed by atoms with E-state index in [2.05, 4.69) is 21.2 Å². The Kier molecular flexibility index (Phi) is 12.3.